The zero-order valence-corrected chi connectivity index (χ0v) is 16.5. The monoisotopic (exact) mass is 400 g/mol. The fourth-order valence-corrected chi connectivity index (χ4v) is 2.37. The zero-order valence-electron chi connectivity index (χ0n) is 15.7. The third kappa shape index (κ3) is 8.17. The molecule has 2 atom stereocenters. The number of hydrogen-bond donors (Lipinski definition) is 3. The van der Waals surface area contributed by atoms with Gasteiger partial charge in [-0.3, -0.25) is 4.79 Å². The normalized spacial score (nSPS) is 13.2. The van der Waals surface area contributed by atoms with E-state index in [1.54, 1.807) is 52.0 Å². The lowest BCUT2D eigenvalue weighted by Crippen LogP contribution is -2.45. The van der Waals surface area contributed by atoms with Crippen LogP contribution in [0, 0.1) is 0 Å². The van der Waals surface area contributed by atoms with Crippen molar-refractivity contribution in [2.45, 2.75) is 44.7 Å². The average Bonchev–Trinajstić information content (AvgIpc) is 2.56. The number of rotatable bonds is 8. The molecule has 1 unspecified atom stereocenters. The summed E-state index contributed by atoms with van der Waals surface area (Å²) in [6.07, 6.45) is -0.867. The van der Waals surface area contributed by atoms with E-state index in [1.165, 1.54) is 0 Å². The Kier molecular flexibility index (Phi) is 8.36. The van der Waals surface area contributed by atoms with Crippen LogP contribution in [0.25, 0.3) is 0 Å². The number of anilines is 1. The van der Waals surface area contributed by atoms with Gasteiger partial charge >= 0.3 is 18.0 Å². The molecule has 27 heavy (non-hydrogen) atoms. The van der Waals surface area contributed by atoms with E-state index >= 15 is 0 Å². The van der Waals surface area contributed by atoms with E-state index in [-0.39, 0.29) is 12.5 Å². The number of hydrogen-bond acceptors (Lipinski definition) is 6. The van der Waals surface area contributed by atoms with Crippen molar-refractivity contribution < 1.29 is 29.0 Å². The van der Waals surface area contributed by atoms with Crippen LogP contribution in [0.4, 0.5) is 10.5 Å². The Labute approximate surface area is 163 Å². The molecule has 1 aromatic rings. The van der Waals surface area contributed by atoms with Gasteiger partial charge in [-0.2, -0.15) is 0 Å². The third-order valence-electron chi connectivity index (χ3n) is 3.20. The molecule has 0 aromatic heterocycles. The van der Waals surface area contributed by atoms with E-state index < -0.39 is 29.1 Å². The number of benzene rings is 1. The highest BCUT2D eigenvalue weighted by Crippen LogP contribution is 2.26. The maximum absolute atomic E-state index is 11.9. The summed E-state index contributed by atoms with van der Waals surface area (Å²) in [4.78, 5) is 34.7. The van der Waals surface area contributed by atoms with Crippen LogP contribution in [0.15, 0.2) is 24.3 Å². The van der Waals surface area contributed by atoms with Crippen LogP contribution in [0.2, 0.25) is 0 Å². The summed E-state index contributed by atoms with van der Waals surface area (Å²) < 4.78 is 9.89. The average molecular weight is 401 g/mol. The molecule has 1 rings (SSSR count). The second kappa shape index (κ2) is 10.0. The van der Waals surface area contributed by atoms with E-state index in [4.69, 9.17) is 21.1 Å². The Morgan fingerprint density at radius 3 is 2.26 bits per heavy atom. The topological polar surface area (TPSA) is 114 Å². The van der Waals surface area contributed by atoms with Gasteiger partial charge in [0.05, 0.1) is 12.0 Å². The lowest BCUT2D eigenvalue weighted by molar-refractivity contribution is -0.141. The number of esters is 1. The predicted molar refractivity (Wildman–Crippen MR) is 101 cm³/mol. The Bertz CT molecular complexity index is 657. The lowest BCUT2D eigenvalue weighted by Gasteiger charge is -2.24. The number of aliphatic carboxylic acids is 1. The molecule has 8 nitrogen and oxygen atoms in total. The fourth-order valence-electron chi connectivity index (χ4n) is 2.06. The summed E-state index contributed by atoms with van der Waals surface area (Å²) in [5.74, 6) is -1.67. The van der Waals surface area contributed by atoms with Crippen molar-refractivity contribution in [2.75, 3.05) is 18.5 Å². The summed E-state index contributed by atoms with van der Waals surface area (Å²) in [5.41, 5.74) is 0.366. The Morgan fingerprint density at radius 1 is 1.19 bits per heavy atom. The van der Waals surface area contributed by atoms with Crippen LogP contribution in [0.5, 0.6) is 0 Å². The number of carboxylic acids is 1. The quantitative estimate of drug-likeness (QED) is 0.454. The Balaban J connectivity index is 2.76. The molecule has 0 radical (unpaired) electrons. The molecule has 0 aliphatic heterocycles. The van der Waals surface area contributed by atoms with Crippen molar-refractivity contribution >= 4 is 35.3 Å². The minimum absolute atomic E-state index is 0.00937. The van der Waals surface area contributed by atoms with E-state index in [2.05, 4.69) is 10.6 Å². The minimum atomic E-state index is -1.38. The van der Waals surface area contributed by atoms with Crippen molar-refractivity contribution in [1.82, 2.24) is 5.32 Å². The standard InChI is InChI=1S/C18H25ClN2O6/c1-5-26-13(22)10-20-12-8-6-11(7-9-12)14(19)15(16(23)24)21-17(25)27-18(2,3)4/h6-9,14-15,20H,5,10H2,1-4H3,(H,21,25)(H,23,24)/t14?,15-/m1/s1. The lowest BCUT2D eigenvalue weighted by atomic mass is 10.0. The molecule has 1 aromatic carbocycles. The number of ether oxygens (including phenoxy) is 2. The van der Waals surface area contributed by atoms with Crippen molar-refractivity contribution in [3.63, 3.8) is 0 Å². The van der Waals surface area contributed by atoms with E-state index in [0.717, 1.165) is 0 Å². The summed E-state index contributed by atoms with van der Waals surface area (Å²) in [5, 5.41) is 13.5. The SMILES string of the molecule is CCOC(=O)CNc1ccc(C(Cl)[C@@H](NC(=O)OC(C)(C)C)C(=O)O)cc1. The summed E-state index contributed by atoms with van der Waals surface area (Å²) in [6, 6.07) is 5.14. The van der Waals surface area contributed by atoms with Crippen molar-refractivity contribution in [1.29, 1.82) is 0 Å². The summed E-state index contributed by atoms with van der Waals surface area (Å²) >= 11 is 6.26. The molecule has 0 saturated heterocycles. The molecule has 9 heteroatoms. The van der Waals surface area contributed by atoms with Crippen molar-refractivity contribution in [3.8, 4) is 0 Å². The highest BCUT2D eigenvalue weighted by Gasteiger charge is 2.31. The number of alkyl carbamates (subject to hydrolysis) is 1. The van der Waals surface area contributed by atoms with Crippen LogP contribution in [-0.4, -0.2) is 47.9 Å². The number of amides is 1. The molecule has 0 fully saturated rings. The first-order valence-corrected chi connectivity index (χ1v) is 8.83. The molecule has 1 amide bonds. The molecule has 0 aliphatic carbocycles. The first-order valence-electron chi connectivity index (χ1n) is 8.39. The second-order valence-electron chi connectivity index (χ2n) is 6.64. The number of carbonyl (C=O) groups is 3. The van der Waals surface area contributed by atoms with E-state index in [0.29, 0.717) is 17.9 Å². The van der Waals surface area contributed by atoms with Gasteiger partial charge < -0.3 is 25.2 Å². The van der Waals surface area contributed by atoms with Crippen LogP contribution in [-0.2, 0) is 19.1 Å². The van der Waals surface area contributed by atoms with Crippen molar-refractivity contribution in [2.24, 2.45) is 0 Å². The van der Waals surface area contributed by atoms with Crippen LogP contribution in [0.3, 0.4) is 0 Å². The molecular formula is C18H25ClN2O6. The first-order chi connectivity index (χ1) is 12.5. The summed E-state index contributed by atoms with van der Waals surface area (Å²) in [7, 11) is 0. The zero-order chi connectivity index (χ0) is 20.6. The minimum Gasteiger partial charge on any atom is -0.480 e. The largest absolute Gasteiger partial charge is 0.480 e. The van der Waals surface area contributed by atoms with Gasteiger partial charge in [0.15, 0.2) is 0 Å². The van der Waals surface area contributed by atoms with Crippen molar-refractivity contribution in [3.05, 3.63) is 29.8 Å². The van der Waals surface area contributed by atoms with Crippen LogP contribution < -0.4 is 10.6 Å². The van der Waals surface area contributed by atoms with E-state index in [9.17, 15) is 19.5 Å². The Morgan fingerprint density at radius 2 is 1.78 bits per heavy atom. The van der Waals surface area contributed by atoms with Gasteiger partial charge in [-0.1, -0.05) is 12.1 Å². The first kappa shape index (κ1) is 22.6. The number of nitrogens with one attached hydrogen (secondary N) is 2. The molecule has 0 bridgehead atoms. The number of halogens is 1. The van der Waals surface area contributed by atoms with E-state index in [1.807, 2.05) is 0 Å². The number of carbonyl (C=O) groups excluding carboxylic acids is 2. The second-order valence-corrected chi connectivity index (χ2v) is 7.11. The maximum Gasteiger partial charge on any atom is 0.408 e. The van der Waals surface area contributed by atoms with Gasteiger partial charge in [-0.25, -0.2) is 9.59 Å². The number of carboxylic acid groups (broad SMARTS) is 1. The van der Waals surface area contributed by atoms with Gasteiger partial charge in [-0.15, -0.1) is 11.6 Å². The smallest absolute Gasteiger partial charge is 0.408 e. The van der Waals surface area contributed by atoms with Crippen LogP contribution >= 0.6 is 11.6 Å². The molecule has 3 N–H and O–H groups in total. The molecule has 0 saturated carbocycles. The molecule has 0 spiro atoms. The van der Waals surface area contributed by atoms with Gasteiger partial charge in [0.25, 0.3) is 0 Å². The van der Waals surface area contributed by atoms with Gasteiger partial charge in [0.2, 0.25) is 0 Å². The molecule has 0 aliphatic rings. The van der Waals surface area contributed by atoms with Gasteiger partial charge in [0, 0.05) is 5.69 Å². The van der Waals surface area contributed by atoms with Crippen LogP contribution in [0.1, 0.15) is 38.6 Å². The highest BCUT2D eigenvalue weighted by molar-refractivity contribution is 6.22. The van der Waals surface area contributed by atoms with Gasteiger partial charge in [0.1, 0.15) is 18.2 Å². The van der Waals surface area contributed by atoms with Gasteiger partial charge in [-0.05, 0) is 45.4 Å². The molecule has 150 valence electrons. The fraction of sp³-hybridized carbons (Fsp3) is 0.500. The summed E-state index contributed by atoms with van der Waals surface area (Å²) in [6.45, 7) is 7.04. The Hall–Kier alpha value is -2.48. The molecular weight excluding hydrogens is 376 g/mol. The highest BCUT2D eigenvalue weighted by atomic mass is 35.5. The predicted octanol–water partition coefficient (Wildman–Crippen LogP) is 2.92. The number of alkyl halides is 1. The third-order valence-corrected chi connectivity index (χ3v) is 3.71. The molecule has 0 heterocycles. The maximum atomic E-state index is 11.9.